The van der Waals surface area contributed by atoms with Crippen LogP contribution < -0.4 is 29.0 Å². The predicted molar refractivity (Wildman–Crippen MR) is 167 cm³/mol. The summed E-state index contributed by atoms with van der Waals surface area (Å²) in [5, 5.41) is 2.25. The Balaban J connectivity index is 1.81. The first-order valence-electron chi connectivity index (χ1n) is 12.8. The fourth-order valence-corrected chi connectivity index (χ4v) is 9.96. The molecular weight excluding hydrogens is 568 g/mol. The van der Waals surface area contributed by atoms with E-state index < -0.39 is 8.32 Å². The lowest BCUT2D eigenvalue weighted by atomic mass is 10.1. The fraction of sp³-hybridized carbons (Fsp3) is 0.212. The van der Waals surface area contributed by atoms with Gasteiger partial charge in [0.25, 0.3) is 0 Å². The Morgan fingerprint density at radius 1 is 0.615 bits per heavy atom. The molecule has 0 aromatic heterocycles. The van der Waals surface area contributed by atoms with Gasteiger partial charge in [0.2, 0.25) is 0 Å². The minimum Gasteiger partial charge on any atom is -0.531 e. The number of benzene rings is 4. The number of hydrogen-bond acceptors (Lipinski definition) is 4. The molecule has 0 atom stereocenters. The molecular formula is C33H35BrO4Si. The minimum atomic E-state index is -2.82. The highest BCUT2D eigenvalue weighted by molar-refractivity contribution is 9.10. The SMILES string of the molecule is COc1ccc(/C=C\c2cc(Br)c(OC)c(OC)c2)cc1O[Si](c1ccccc1)(c1ccccc1)C(C)(C)C. The Morgan fingerprint density at radius 2 is 1.15 bits per heavy atom. The Bertz CT molecular complexity index is 1390. The highest BCUT2D eigenvalue weighted by Gasteiger charge is 2.52. The lowest BCUT2D eigenvalue weighted by Gasteiger charge is -2.43. The van der Waals surface area contributed by atoms with Gasteiger partial charge in [0.05, 0.1) is 25.8 Å². The third-order valence-electron chi connectivity index (χ3n) is 6.79. The van der Waals surface area contributed by atoms with Crippen LogP contribution in [0, 0.1) is 0 Å². The second-order valence-electron chi connectivity index (χ2n) is 10.2. The van der Waals surface area contributed by atoms with Crippen LogP contribution in [0.5, 0.6) is 23.0 Å². The lowest BCUT2D eigenvalue weighted by Crippen LogP contribution is -2.68. The normalized spacial score (nSPS) is 11.9. The maximum atomic E-state index is 7.28. The van der Waals surface area contributed by atoms with Crippen LogP contribution in [0.1, 0.15) is 31.9 Å². The largest absolute Gasteiger partial charge is 0.531 e. The van der Waals surface area contributed by atoms with E-state index in [0.29, 0.717) is 17.2 Å². The van der Waals surface area contributed by atoms with Crippen molar-refractivity contribution < 1.29 is 18.6 Å². The number of methoxy groups -OCH3 is 3. The highest BCUT2D eigenvalue weighted by Crippen LogP contribution is 2.41. The Morgan fingerprint density at radius 3 is 1.67 bits per heavy atom. The van der Waals surface area contributed by atoms with Gasteiger partial charge in [-0.05, 0) is 66.7 Å². The van der Waals surface area contributed by atoms with Crippen LogP contribution in [-0.2, 0) is 0 Å². The second kappa shape index (κ2) is 12.1. The quantitative estimate of drug-likeness (QED) is 0.146. The highest BCUT2D eigenvalue weighted by atomic mass is 79.9. The van der Waals surface area contributed by atoms with Crippen LogP contribution in [0.15, 0.2) is 95.5 Å². The number of hydrogen-bond donors (Lipinski definition) is 0. The summed E-state index contributed by atoms with van der Waals surface area (Å²) in [6.45, 7) is 6.80. The minimum absolute atomic E-state index is 0.168. The van der Waals surface area contributed by atoms with Gasteiger partial charge in [0, 0.05) is 0 Å². The molecule has 0 amide bonds. The van der Waals surface area contributed by atoms with E-state index in [2.05, 4.69) is 110 Å². The maximum absolute atomic E-state index is 7.28. The van der Waals surface area contributed by atoms with Crippen molar-refractivity contribution >= 4 is 46.8 Å². The van der Waals surface area contributed by atoms with E-state index in [1.807, 2.05) is 30.3 Å². The number of halogens is 1. The van der Waals surface area contributed by atoms with Crippen LogP contribution >= 0.6 is 15.9 Å². The van der Waals surface area contributed by atoms with E-state index in [4.69, 9.17) is 18.6 Å². The van der Waals surface area contributed by atoms with Crippen molar-refractivity contribution in [2.24, 2.45) is 0 Å². The predicted octanol–water partition coefficient (Wildman–Crippen LogP) is 7.58. The number of ether oxygens (including phenoxy) is 3. The maximum Gasteiger partial charge on any atom is 0.320 e. The molecule has 4 aromatic rings. The zero-order valence-electron chi connectivity index (χ0n) is 23.3. The zero-order valence-corrected chi connectivity index (χ0v) is 25.9. The molecule has 4 rings (SSSR count). The third kappa shape index (κ3) is 5.92. The van der Waals surface area contributed by atoms with Crippen LogP contribution in [-0.4, -0.2) is 29.6 Å². The molecule has 0 saturated heterocycles. The smallest absolute Gasteiger partial charge is 0.320 e. The van der Waals surface area contributed by atoms with Gasteiger partial charge in [0.1, 0.15) is 5.75 Å². The van der Waals surface area contributed by atoms with Gasteiger partial charge in [-0.15, -0.1) is 0 Å². The molecule has 0 unspecified atom stereocenters. The van der Waals surface area contributed by atoms with Crippen molar-refractivity contribution in [3.8, 4) is 23.0 Å². The van der Waals surface area contributed by atoms with Gasteiger partial charge in [0.15, 0.2) is 17.2 Å². The molecule has 0 N–H and O–H groups in total. The van der Waals surface area contributed by atoms with Crippen molar-refractivity contribution in [2.75, 3.05) is 21.3 Å². The van der Waals surface area contributed by atoms with Crippen molar-refractivity contribution in [3.05, 3.63) is 107 Å². The lowest BCUT2D eigenvalue weighted by molar-refractivity contribution is 0.353. The molecule has 202 valence electrons. The monoisotopic (exact) mass is 602 g/mol. The summed E-state index contributed by atoms with van der Waals surface area (Å²) < 4.78 is 24.9. The first kappa shape index (κ1) is 28.5. The van der Waals surface area contributed by atoms with E-state index >= 15 is 0 Å². The molecule has 0 fully saturated rings. The molecule has 4 nitrogen and oxygen atoms in total. The fourth-order valence-electron chi connectivity index (χ4n) is 4.92. The first-order valence-corrected chi connectivity index (χ1v) is 15.5. The molecule has 0 saturated carbocycles. The van der Waals surface area contributed by atoms with Crippen LogP contribution in [0.2, 0.25) is 5.04 Å². The van der Waals surface area contributed by atoms with E-state index in [0.717, 1.165) is 21.3 Å². The van der Waals surface area contributed by atoms with Gasteiger partial charge in [-0.1, -0.05) is 99.7 Å². The number of rotatable bonds is 9. The summed E-state index contributed by atoms with van der Waals surface area (Å²) in [5.41, 5.74) is 1.97. The van der Waals surface area contributed by atoms with Crippen molar-refractivity contribution in [3.63, 3.8) is 0 Å². The first-order chi connectivity index (χ1) is 18.7. The molecule has 0 aliphatic rings. The van der Waals surface area contributed by atoms with Crippen LogP contribution in [0.4, 0.5) is 0 Å². The van der Waals surface area contributed by atoms with Gasteiger partial charge >= 0.3 is 8.32 Å². The Kier molecular flexibility index (Phi) is 8.88. The summed E-state index contributed by atoms with van der Waals surface area (Å²) in [6.07, 6.45) is 4.10. The summed E-state index contributed by atoms with van der Waals surface area (Å²) in [5.74, 6) is 2.76. The summed E-state index contributed by atoms with van der Waals surface area (Å²) in [7, 11) is 2.13. The molecule has 0 heterocycles. The van der Waals surface area contributed by atoms with Crippen molar-refractivity contribution in [1.82, 2.24) is 0 Å². The average Bonchev–Trinajstić information content (AvgIpc) is 2.94. The van der Waals surface area contributed by atoms with E-state index in [1.165, 1.54) is 10.4 Å². The average molecular weight is 604 g/mol. The molecule has 0 aliphatic heterocycles. The molecule has 6 heteroatoms. The van der Waals surface area contributed by atoms with Gasteiger partial charge in [-0.25, -0.2) is 0 Å². The van der Waals surface area contributed by atoms with E-state index in [1.54, 1.807) is 21.3 Å². The molecule has 0 bridgehead atoms. The Hall–Kier alpha value is -3.48. The van der Waals surface area contributed by atoms with Crippen molar-refractivity contribution in [1.29, 1.82) is 0 Å². The van der Waals surface area contributed by atoms with E-state index in [9.17, 15) is 0 Å². The van der Waals surface area contributed by atoms with Crippen molar-refractivity contribution in [2.45, 2.75) is 25.8 Å². The van der Waals surface area contributed by atoms with Crippen LogP contribution in [0.25, 0.3) is 12.2 Å². The van der Waals surface area contributed by atoms with Gasteiger partial charge in [-0.2, -0.15) is 0 Å². The van der Waals surface area contributed by atoms with Crippen LogP contribution in [0.3, 0.4) is 0 Å². The standard InChI is InChI=1S/C33H35BrO4Si/c1-33(2,3)39(26-13-9-7-10-14-26,27-15-11-8-12-16-27)38-30-22-24(19-20-29(30)35-4)17-18-25-21-28(34)32(37-6)31(23-25)36-5/h7-23H,1-6H3/b18-17-. The summed E-state index contributed by atoms with van der Waals surface area (Å²) in [4.78, 5) is 0. The summed E-state index contributed by atoms with van der Waals surface area (Å²) in [6, 6.07) is 31.2. The molecule has 0 spiro atoms. The second-order valence-corrected chi connectivity index (χ2v) is 15.3. The molecule has 4 aromatic carbocycles. The Labute approximate surface area is 241 Å². The molecule has 0 radical (unpaired) electrons. The molecule has 0 aliphatic carbocycles. The summed E-state index contributed by atoms with van der Waals surface area (Å²) >= 11 is 3.58. The zero-order chi connectivity index (χ0) is 28.0. The molecule has 39 heavy (non-hydrogen) atoms. The van der Waals surface area contributed by atoms with Gasteiger partial charge < -0.3 is 18.6 Å². The topological polar surface area (TPSA) is 36.9 Å². The van der Waals surface area contributed by atoms with E-state index in [-0.39, 0.29) is 5.04 Å². The third-order valence-corrected chi connectivity index (χ3v) is 12.3. The van der Waals surface area contributed by atoms with Gasteiger partial charge in [-0.3, -0.25) is 0 Å².